The zero-order valence-corrected chi connectivity index (χ0v) is 18.6. The van der Waals surface area contributed by atoms with E-state index in [0.717, 1.165) is 18.4 Å². The van der Waals surface area contributed by atoms with Crippen LogP contribution in [0.2, 0.25) is 5.02 Å². The zero-order valence-electron chi connectivity index (χ0n) is 16.3. The molecule has 156 valence electrons. The minimum atomic E-state index is -0.116. The number of benzene rings is 1. The average Bonchev–Trinajstić information content (AvgIpc) is 3.09. The Balaban J connectivity index is 1.64. The van der Waals surface area contributed by atoms with Crippen LogP contribution in [-0.2, 0) is 13.1 Å². The van der Waals surface area contributed by atoms with Gasteiger partial charge in [-0.3, -0.25) is 0 Å². The first-order valence-corrected chi connectivity index (χ1v) is 10.7. The van der Waals surface area contributed by atoms with Crippen molar-refractivity contribution in [1.82, 2.24) is 20.2 Å². The van der Waals surface area contributed by atoms with Crippen molar-refractivity contribution in [3.63, 3.8) is 0 Å². The van der Waals surface area contributed by atoms with Gasteiger partial charge in [-0.2, -0.15) is 5.26 Å². The van der Waals surface area contributed by atoms with E-state index in [1.807, 2.05) is 6.07 Å². The van der Waals surface area contributed by atoms with Crippen LogP contribution in [0.15, 0.2) is 16.6 Å². The van der Waals surface area contributed by atoms with Gasteiger partial charge >= 0.3 is 6.03 Å². The number of nitrogens with two attached hydrogens (primary N) is 1. The molecule has 4 rings (SSSR count). The summed E-state index contributed by atoms with van der Waals surface area (Å²) in [6.45, 7) is 2.79. The number of anilines is 1. The van der Waals surface area contributed by atoms with Crippen molar-refractivity contribution >= 4 is 39.5 Å². The summed E-state index contributed by atoms with van der Waals surface area (Å²) < 4.78 is 6.09. The third-order valence-electron chi connectivity index (χ3n) is 5.36. The van der Waals surface area contributed by atoms with E-state index in [1.165, 1.54) is 0 Å². The summed E-state index contributed by atoms with van der Waals surface area (Å²) in [5.74, 6) is 1.23. The molecule has 1 saturated carbocycles. The molecule has 8 nitrogen and oxygen atoms in total. The number of carbonyl (C=O) groups is 1. The van der Waals surface area contributed by atoms with Gasteiger partial charge in [-0.15, -0.1) is 0 Å². The monoisotopic (exact) mass is 490 g/mol. The predicted octanol–water partition coefficient (Wildman–Crippen LogP) is 3.87. The average molecular weight is 492 g/mol. The number of nitrogen functional groups attached to an aromatic ring is 1. The molecule has 0 atom stereocenters. The molecule has 2 heterocycles. The predicted molar refractivity (Wildman–Crippen MR) is 116 cm³/mol. The van der Waals surface area contributed by atoms with Crippen LogP contribution in [0.25, 0.3) is 11.3 Å². The Bertz CT molecular complexity index is 1050. The van der Waals surface area contributed by atoms with E-state index in [9.17, 15) is 4.79 Å². The molecule has 30 heavy (non-hydrogen) atoms. The fourth-order valence-electron chi connectivity index (χ4n) is 3.86. The van der Waals surface area contributed by atoms with E-state index in [0.29, 0.717) is 51.2 Å². The van der Waals surface area contributed by atoms with Crippen molar-refractivity contribution in [1.29, 1.82) is 5.26 Å². The Morgan fingerprint density at radius 2 is 2.20 bits per heavy atom. The smallest absolute Gasteiger partial charge is 0.318 e. The first-order chi connectivity index (χ1) is 14.4. The molecule has 1 aliphatic heterocycles. The maximum atomic E-state index is 12.7. The normalized spacial score (nSPS) is 19.6. The van der Waals surface area contributed by atoms with Gasteiger partial charge in [-0.25, -0.2) is 14.8 Å². The molecule has 2 aromatic rings. The van der Waals surface area contributed by atoms with E-state index in [2.05, 4.69) is 38.1 Å². The minimum absolute atomic E-state index is 0.0998. The molecular weight excluding hydrogens is 472 g/mol. The van der Waals surface area contributed by atoms with Gasteiger partial charge in [-0.05, 0) is 46.8 Å². The number of hydrogen-bond donors (Lipinski definition) is 2. The highest BCUT2D eigenvalue weighted by atomic mass is 79.9. The van der Waals surface area contributed by atoms with E-state index in [-0.39, 0.29) is 24.6 Å². The fourth-order valence-corrected chi connectivity index (χ4v) is 4.70. The van der Waals surface area contributed by atoms with Crippen molar-refractivity contribution in [3.8, 4) is 23.1 Å². The van der Waals surface area contributed by atoms with Gasteiger partial charge < -0.3 is 20.7 Å². The van der Waals surface area contributed by atoms with Crippen LogP contribution in [0, 0.1) is 17.2 Å². The number of ether oxygens (including phenoxy) is 1. The quantitative estimate of drug-likeness (QED) is 0.670. The summed E-state index contributed by atoms with van der Waals surface area (Å²) in [5.41, 5.74) is 8.62. The second-order valence-electron chi connectivity index (χ2n) is 7.64. The molecule has 1 fully saturated rings. The number of aromatic nitrogens is 2. The summed E-state index contributed by atoms with van der Waals surface area (Å²) >= 11 is 9.88. The first kappa shape index (κ1) is 20.7. The number of rotatable bonds is 4. The Kier molecular flexibility index (Phi) is 5.71. The maximum absolute atomic E-state index is 12.7. The van der Waals surface area contributed by atoms with Crippen LogP contribution in [0.4, 0.5) is 10.7 Å². The lowest BCUT2D eigenvalue weighted by atomic mass is 9.82. The van der Waals surface area contributed by atoms with Gasteiger partial charge in [-0.1, -0.05) is 18.5 Å². The highest BCUT2D eigenvalue weighted by Gasteiger charge is 2.33. The number of carbonyl (C=O) groups excluding carboxylic acids is 1. The SMILES string of the molecule is CC1CC(NC(=O)N2Cc3nc(N)nc(-c4cc(OCC#N)c(Br)cc4Cl)c3C2)C1. The van der Waals surface area contributed by atoms with Gasteiger partial charge in [0, 0.05) is 17.2 Å². The lowest BCUT2D eigenvalue weighted by Crippen LogP contribution is -2.48. The Morgan fingerprint density at radius 3 is 2.90 bits per heavy atom. The Morgan fingerprint density at radius 1 is 1.43 bits per heavy atom. The van der Waals surface area contributed by atoms with Crippen molar-refractivity contribution in [2.24, 2.45) is 5.92 Å². The number of fused-ring (bicyclic) bond motifs is 1. The van der Waals surface area contributed by atoms with Crippen molar-refractivity contribution in [2.45, 2.75) is 38.9 Å². The number of halogens is 2. The zero-order chi connectivity index (χ0) is 21.4. The molecule has 0 bridgehead atoms. The number of urea groups is 1. The van der Waals surface area contributed by atoms with Gasteiger partial charge in [0.25, 0.3) is 0 Å². The second kappa shape index (κ2) is 8.28. The number of nitriles is 1. The molecule has 0 radical (unpaired) electrons. The molecule has 3 N–H and O–H groups in total. The number of nitrogens with one attached hydrogen (secondary N) is 1. The molecule has 1 aromatic carbocycles. The van der Waals surface area contributed by atoms with Crippen molar-refractivity contribution in [3.05, 3.63) is 32.9 Å². The molecule has 10 heteroatoms. The number of hydrogen-bond acceptors (Lipinski definition) is 6. The molecule has 1 aliphatic carbocycles. The summed E-state index contributed by atoms with van der Waals surface area (Å²) in [6.07, 6.45) is 2.01. The van der Waals surface area contributed by atoms with Gasteiger partial charge in [0.1, 0.15) is 11.8 Å². The number of nitrogens with zero attached hydrogens (tertiary/aromatic N) is 4. The van der Waals surface area contributed by atoms with Crippen molar-refractivity contribution in [2.75, 3.05) is 12.3 Å². The topological polar surface area (TPSA) is 117 Å². The van der Waals surface area contributed by atoms with Crippen LogP contribution in [-0.4, -0.2) is 33.5 Å². The summed E-state index contributed by atoms with van der Waals surface area (Å²) in [7, 11) is 0. The van der Waals surface area contributed by atoms with Crippen LogP contribution in [0.3, 0.4) is 0 Å². The molecule has 0 unspecified atom stereocenters. The van der Waals surface area contributed by atoms with Crippen LogP contribution >= 0.6 is 27.5 Å². The lowest BCUT2D eigenvalue weighted by Gasteiger charge is -2.34. The molecule has 0 saturated heterocycles. The second-order valence-corrected chi connectivity index (χ2v) is 8.91. The highest BCUT2D eigenvalue weighted by molar-refractivity contribution is 9.10. The van der Waals surface area contributed by atoms with Gasteiger partial charge in [0.15, 0.2) is 6.61 Å². The largest absolute Gasteiger partial charge is 0.478 e. The third kappa shape index (κ3) is 4.02. The van der Waals surface area contributed by atoms with Crippen LogP contribution in [0.5, 0.6) is 5.75 Å². The highest BCUT2D eigenvalue weighted by Crippen LogP contribution is 2.40. The molecule has 0 spiro atoms. The fraction of sp³-hybridized carbons (Fsp3) is 0.400. The van der Waals surface area contributed by atoms with Crippen LogP contribution in [0.1, 0.15) is 31.0 Å². The van der Waals surface area contributed by atoms with Gasteiger partial charge in [0.05, 0.1) is 34.0 Å². The Hall–Kier alpha value is -2.57. The third-order valence-corrected chi connectivity index (χ3v) is 6.29. The minimum Gasteiger partial charge on any atom is -0.478 e. The standard InChI is InChI=1S/C20H20BrClN6O2/c1-10-4-11(5-10)25-20(29)28-8-13-16(9-28)26-19(24)27-18(13)12-6-17(30-3-2-23)14(21)7-15(12)22/h6-7,10-11H,3-5,8-9H2,1H3,(H,25,29)(H2,24,26,27). The number of amides is 2. The molecule has 2 amide bonds. The summed E-state index contributed by atoms with van der Waals surface area (Å²) in [5, 5.41) is 12.3. The molecular formula is C20H20BrClN6O2. The summed E-state index contributed by atoms with van der Waals surface area (Å²) in [4.78, 5) is 23.1. The van der Waals surface area contributed by atoms with E-state index >= 15 is 0 Å². The lowest BCUT2D eigenvalue weighted by molar-refractivity contribution is 0.175. The van der Waals surface area contributed by atoms with E-state index < -0.39 is 0 Å². The molecule has 2 aliphatic rings. The Labute approximate surface area is 187 Å². The van der Waals surface area contributed by atoms with E-state index in [4.69, 9.17) is 27.3 Å². The van der Waals surface area contributed by atoms with Crippen LogP contribution < -0.4 is 15.8 Å². The van der Waals surface area contributed by atoms with Crippen molar-refractivity contribution < 1.29 is 9.53 Å². The molecule has 1 aromatic heterocycles. The van der Waals surface area contributed by atoms with Gasteiger partial charge in [0.2, 0.25) is 5.95 Å². The van der Waals surface area contributed by atoms with E-state index in [1.54, 1.807) is 17.0 Å². The first-order valence-electron chi connectivity index (χ1n) is 9.55. The summed E-state index contributed by atoms with van der Waals surface area (Å²) in [6, 6.07) is 5.45. The maximum Gasteiger partial charge on any atom is 0.318 e.